The van der Waals surface area contributed by atoms with Gasteiger partial charge in [0, 0.05) is 54.8 Å². The Bertz CT molecular complexity index is 1700. The molecule has 0 unspecified atom stereocenters. The molecule has 2 fully saturated rings. The number of rotatable bonds is 5. The molecule has 0 amide bonds. The van der Waals surface area contributed by atoms with Gasteiger partial charge in [0.1, 0.15) is 16.6 Å². The van der Waals surface area contributed by atoms with Gasteiger partial charge in [-0.15, -0.1) is 11.3 Å². The van der Waals surface area contributed by atoms with Crippen molar-refractivity contribution in [2.75, 3.05) is 44.0 Å². The number of halogens is 2. The third-order valence-electron chi connectivity index (χ3n) is 8.43. The molecule has 2 N–H and O–H groups in total. The number of nitrogens with zero attached hydrogens (tertiary/aromatic N) is 6. The predicted octanol–water partition coefficient (Wildman–Crippen LogP) is 4.36. The first-order valence-corrected chi connectivity index (χ1v) is 14.2. The molecule has 0 spiro atoms. The fourth-order valence-corrected chi connectivity index (χ4v) is 7.52. The zero-order chi connectivity index (χ0) is 27.5. The number of anilines is 2. The molecule has 40 heavy (non-hydrogen) atoms. The van der Waals surface area contributed by atoms with Crippen molar-refractivity contribution in [1.82, 2.24) is 19.9 Å². The second-order valence-corrected chi connectivity index (χ2v) is 11.6. The number of fused-ring (bicyclic) bond motifs is 4. The summed E-state index contributed by atoms with van der Waals surface area (Å²) >= 11 is 0.957. The number of hydrogen-bond acceptors (Lipinski definition) is 10. The molecule has 6 heterocycles. The first-order chi connectivity index (χ1) is 19.5. The molecular formula is C28H27F2N7O2S. The second-order valence-electron chi connectivity index (χ2n) is 10.6. The highest BCUT2D eigenvalue weighted by Gasteiger charge is 2.36. The van der Waals surface area contributed by atoms with Crippen LogP contribution in [0, 0.1) is 23.0 Å². The predicted molar refractivity (Wildman–Crippen MR) is 148 cm³/mol. The quantitative estimate of drug-likeness (QED) is 0.378. The highest BCUT2D eigenvalue weighted by molar-refractivity contribution is 7.23. The largest absolute Gasteiger partial charge is 0.389 e. The van der Waals surface area contributed by atoms with Crippen LogP contribution in [0.15, 0.2) is 12.4 Å². The van der Waals surface area contributed by atoms with Gasteiger partial charge in [0.05, 0.1) is 42.0 Å². The van der Waals surface area contributed by atoms with Crippen LogP contribution in [-0.4, -0.2) is 65.3 Å². The maximum absolute atomic E-state index is 16.6. The van der Waals surface area contributed by atoms with Crippen LogP contribution in [0.25, 0.3) is 32.2 Å². The number of thiophene rings is 1. The van der Waals surface area contributed by atoms with Crippen molar-refractivity contribution in [3.05, 3.63) is 40.7 Å². The molecule has 9 nitrogen and oxygen atoms in total. The van der Waals surface area contributed by atoms with Gasteiger partial charge in [0.2, 0.25) is 5.95 Å². The van der Waals surface area contributed by atoms with Gasteiger partial charge in [0.25, 0.3) is 0 Å². The summed E-state index contributed by atoms with van der Waals surface area (Å²) in [5.74, 6) is -0.728. The van der Waals surface area contributed by atoms with Crippen molar-refractivity contribution >= 4 is 43.3 Å². The lowest BCUT2D eigenvalue weighted by Crippen LogP contribution is -2.42. The first kappa shape index (κ1) is 25.5. The number of aromatic nitrogens is 3. The van der Waals surface area contributed by atoms with Gasteiger partial charge in [-0.1, -0.05) is 0 Å². The van der Waals surface area contributed by atoms with Crippen LogP contribution in [0.2, 0.25) is 0 Å². The highest BCUT2D eigenvalue weighted by Crippen LogP contribution is 2.45. The third-order valence-corrected chi connectivity index (χ3v) is 9.46. The number of benzene rings is 1. The number of methoxy groups -OCH3 is 1. The SMILES string of the molecule is COC[C@@H]1CCCN1[C@H]1CCN(c2ncc3c4c(c(-c5ncc(F)c6sc(N)c(C#N)c56)c(F)c3n2)COC4)C1. The molecule has 2 atom stereocenters. The molecule has 0 saturated carbocycles. The van der Waals surface area contributed by atoms with Gasteiger partial charge in [-0.25, -0.2) is 18.7 Å². The van der Waals surface area contributed by atoms with Crippen LogP contribution >= 0.6 is 11.3 Å². The molecule has 7 rings (SSSR count). The summed E-state index contributed by atoms with van der Waals surface area (Å²) in [6.45, 7) is 3.73. The third kappa shape index (κ3) is 3.83. The number of nitriles is 1. The number of likely N-dealkylation sites (tertiary alicyclic amines) is 1. The summed E-state index contributed by atoms with van der Waals surface area (Å²) in [6.07, 6.45) is 5.98. The van der Waals surface area contributed by atoms with E-state index in [1.54, 1.807) is 13.3 Å². The Kier molecular flexibility index (Phi) is 6.27. The van der Waals surface area contributed by atoms with Crippen LogP contribution in [0.5, 0.6) is 0 Å². The number of ether oxygens (including phenoxy) is 2. The van der Waals surface area contributed by atoms with E-state index in [0.717, 1.165) is 68.6 Å². The van der Waals surface area contributed by atoms with Gasteiger partial charge in [0.15, 0.2) is 11.6 Å². The lowest BCUT2D eigenvalue weighted by atomic mass is 9.94. The van der Waals surface area contributed by atoms with Crippen LogP contribution in [0.3, 0.4) is 0 Å². The van der Waals surface area contributed by atoms with Crippen molar-refractivity contribution in [2.24, 2.45) is 0 Å². The number of nitrogen functional groups attached to an aromatic ring is 1. The smallest absolute Gasteiger partial charge is 0.226 e. The van der Waals surface area contributed by atoms with E-state index in [2.05, 4.69) is 19.8 Å². The summed E-state index contributed by atoms with van der Waals surface area (Å²) in [5.41, 5.74) is 8.01. The Balaban J connectivity index is 1.33. The molecule has 3 aliphatic rings. The van der Waals surface area contributed by atoms with Gasteiger partial charge in [-0.2, -0.15) is 5.26 Å². The minimum absolute atomic E-state index is 0.0920. The fraction of sp³-hybridized carbons (Fsp3) is 0.429. The maximum Gasteiger partial charge on any atom is 0.226 e. The Labute approximate surface area is 233 Å². The number of hydrogen-bond donors (Lipinski definition) is 1. The lowest BCUT2D eigenvalue weighted by Gasteiger charge is -2.30. The molecule has 1 aromatic carbocycles. The van der Waals surface area contributed by atoms with E-state index in [0.29, 0.717) is 29.0 Å². The zero-order valence-electron chi connectivity index (χ0n) is 21.9. The van der Waals surface area contributed by atoms with Crippen molar-refractivity contribution in [1.29, 1.82) is 5.26 Å². The first-order valence-electron chi connectivity index (χ1n) is 13.3. The minimum atomic E-state index is -0.606. The molecule has 12 heteroatoms. The van der Waals surface area contributed by atoms with Crippen molar-refractivity contribution in [3.63, 3.8) is 0 Å². The average molecular weight is 564 g/mol. The number of nitrogens with two attached hydrogens (primary N) is 1. The van der Waals surface area contributed by atoms with Crippen molar-refractivity contribution < 1.29 is 18.3 Å². The topological polar surface area (TPSA) is 113 Å². The average Bonchev–Trinajstić information content (AvgIpc) is 3.76. The monoisotopic (exact) mass is 563 g/mol. The van der Waals surface area contributed by atoms with Crippen LogP contribution in [0.4, 0.5) is 19.7 Å². The van der Waals surface area contributed by atoms with E-state index < -0.39 is 11.6 Å². The summed E-state index contributed by atoms with van der Waals surface area (Å²) < 4.78 is 42.6. The summed E-state index contributed by atoms with van der Waals surface area (Å²) in [5, 5.41) is 10.7. The Morgan fingerprint density at radius 2 is 2.05 bits per heavy atom. The molecule has 3 aromatic heterocycles. The lowest BCUT2D eigenvalue weighted by molar-refractivity contribution is 0.0943. The van der Waals surface area contributed by atoms with Gasteiger partial charge < -0.3 is 20.1 Å². The molecule has 0 radical (unpaired) electrons. The highest BCUT2D eigenvalue weighted by atomic mass is 32.1. The molecule has 0 aliphatic carbocycles. The van der Waals surface area contributed by atoms with Crippen molar-refractivity contribution in [2.45, 2.75) is 44.6 Å². The second kappa shape index (κ2) is 9.85. The van der Waals surface area contributed by atoms with Gasteiger partial charge in [-0.05, 0) is 36.9 Å². The summed E-state index contributed by atoms with van der Waals surface area (Å²) in [4.78, 5) is 18.3. The van der Waals surface area contributed by atoms with E-state index >= 15 is 4.39 Å². The van der Waals surface area contributed by atoms with E-state index in [9.17, 15) is 9.65 Å². The molecular weight excluding hydrogens is 536 g/mol. The van der Waals surface area contributed by atoms with Crippen LogP contribution in [-0.2, 0) is 22.7 Å². The zero-order valence-corrected chi connectivity index (χ0v) is 22.7. The Hall–Kier alpha value is -3.50. The summed E-state index contributed by atoms with van der Waals surface area (Å²) in [7, 11) is 1.74. The molecule has 3 aliphatic heterocycles. The normalized spacial score (nSPS) is 21.1. The number of pyridine rings is 1. The van der Waals surface area contributed by atoms with E-state index in [1.165, 1.54) is 0 Å². The fourth-order valence-electron chi connectivity index (χ4n) is 6.60. The van der Waals surface area contributed by atoms with Crippen LogP contribution in [0.1, 0.15) is 36.0 Å². The molecule has 2 saturated heterocycles. The van der Waals surface area contributed by atoms with Crippen molar-refractivity contribution in [3.8, 4) is 17.3 Å². The van der Waals surface area contributed by atoms with E-state index in [1.807, 2.05) is 6.07 Å². The molecule has 206 valence electrons. The maximum atomic E-state index is 16.6. The van der Waals surface area contributed by atoms with E-state index in [-0.39, 0.29) is 50.6 Å². The molecule has 0 bridgehead atoms. The van der Waals surface area contributed by atoms with Gasteiger partial charge in [-0.3, -0.25) is 9.88 Å². The van der Waals surface area contributed by atoms with Gasteiger partial charge >= 0.3 is 0 Å². The Morgan fingerprint density at radius 3 is 2.88 bits per heavy atom. The standard InChI is InChI=1S/C28H27F2N7O2S/c1-38-11-15-3-2-5-37(15)14-4-6-36(10-14)28-34-8-17-18-12-39-13-19(18)21(23(30)24(17)35-28)25-22-16(7-31)27(32)40-26(22)20(29)9-33-25/h8-9,14-15H,2-6,10-13,32H2,1H3/t14-,15-/m0/s1. The summed E-state index contributed by atoms with van der Waals surface area (Å²) in [6, 6.07) is 2.82. The van der Waals surface area contributed by atoms with Crippen LogP contribution < -0.4 is 10.6 Å². The van der Waals surface area contributed by atoms with E-state index in [4.69, 9.17) is 20.2 Å². The Morgan fingerprint density at radius 1 is 1.20 bits per heavy atom. The molecule has 4 aromatic rings. The minimum Gasteiger partial charge on any atom is -0.389 e.